The average molecular weight is 514 g/mol. The van der Waals surface area contributed by atoms with Gasteiger partial charge in [-0.2, -0.15) is 0 Å². The van der Waals surface area contributed by atoms with E-state index in [-0.39, 0.29) is 22.0 Å². The summed E-state index contributed by atoms with van der Waals surface area (Å²) in [5.74, 6) is -2.16. The molecule has 0 amide bonds. The first kappa shape index (κ1) is 24.7. The molecular weight excluding hydrogens is 494 g/mol. The number of hydrogen-bond acceptors (Lipinski definition) is 5. The average Bonchev–Trinajstić information content (AvgIpc) is 3.33. The highest BCUT2D eigenvalue weighted by atomic mass is 35.5. The number of hydrogen-bond donors (Lipinski definition) is 0. The molecule has 0 bridgehead atoms. The lowest BCUT2D eigenvalue weighted by molar-refractivity contribution is -0.297. The molecule has 4 aromatic rings. The van der Waals surface area contributed by atoms with Gasteiger partial charge in [0.2, 0.25) is 0 Å². The number of aryl methyl sites for hydroxylation is 2. The van der Waals surface area contributed by atoms with Crippen molar-refractivity contribution in [2.45, 2.75) is 33.4 Å². The molecule has 2 heterocycles. The second-order valence-corrected chi connectivity index (χ2v) is 9.51. The van der Waals surface area contributed by atoms with Gasteiger partial charge in [-0.25, -0.2) is 4.39 Å². The first-order valence-corrected chi connectivity index (χ1v) is 11.3. The van der Waals surface area contributed by atoms with Gasteiger partial charge in [-0.15, -0.1) is 0 Å². The van der Waals surface area contributed by atoms with Crippen molar-refractivity contribution in [3.05, 3.63) is 80.7 Å². The third kappa shape index (κ3) is 4.49. The zero-order valence-corrected chi connectivity index (χ0v) is 20.8. The van der Waals surface area contributed by atoms with Gasteiger partial charge in [0.15, 0.2) is 11.4 Å². The Kier molecular flexibility index (Phi) is 6.34. The Labute approximate surface area is 210 Å². The van der Waals surface area contributed by atoms with Crippen LogP contribution in [0.25, 0.3) is 28.2 Å². The Morgan fingerprint density at radius 3 is 2.51 bits per heavy atom. The maximum absolute atomic E-state index is 15.2. The van der Waals surface area contributed by atoms with E-state index in [1.54, 1.807) is 44.3 Å². The van der Waals surface area contributed by atoms with Crippen LogP contribution in [0.4, 0.5) is 4.39 Å². The summed E-state index contributed by atoms with van der Waals surface area (Å²) in [4.78, 5) is 24.9. The summed E-state index contributed by atoms with van der Waals surface area (Å²) >= 11 is 12.6. The second-order valence-electron chi connectivity index (χ2n) is 8.67. The smallest absolute Gasteiger partial charge is 0.268 e. The molecule has 2 aromatic heterocycles. The van der Waals surface area contributed by atoms with E-state index in [9.17, 15) is 14.7 Å². The van der Waals surface area contributed by atoms with Gasteiger partial charge in [-0.3, -0.25) is 9.36 Å². The fourth-order valence-corrected chi connectivity index (χ4v) is 4.85. The summed E-state index contributed by atoms with van der Waals surface area (Å²) in [7, 11) is 0. The van der Waals surface area contributed by atoms with Gasteiger partial charge in [0, 0.05) is 22.2 Å². The molecule has 0 N–H and O–H groups in total. The highest BCUT2D eigenvalue weighted by Gasteiger charge is 2.36. The molecule has 0 saturated carbocycles. The molecule has 0 saturated heterocycles. The zero-order valence-electron chi connectivity index (χ0n) is 19.3. The van der Waals surface area contributed by atoms with Crippen LogP contribution in [0.15, 0.2) is 47.1 Å². The van der Waals surface area contributed by atoms with Crippen LogP contribution in [-0.4, -0.2) is 21.6 Å². The quantitative estimate of drug-likeness (QED) is 0.311. The molecular formula is C26H20Cl2FN2O4-. The SMILES string of the molecule is Cc1cc(Cl)cc(Cl)c1-c1noc(C(C)(C)F)c1C(=O)n1cc(C)c2c(/C=C/C(=O)[O-])cccc21. The van der Waals surface area contributed by atoms with E-state index in [2.05, 4.69) is 5.16 Å². The van der Waals surface area contributed by atoms with Gasteiger partial charge >= 0.3 is 0 Å². The Morgan fingerprint density at radius 1 is 1.17 bits per heavy atom. The normalized spacial score (nSPS) is 12.1. The number of halogens is 3. The number of fused-ring (bicyclic) bond motifs is 1. The van der Waals surface area contributed by atoms with Crippen LogP contribution in [-0.2, 0) is 10.5 Å². The maximum Gasteiger partial charge on any atom is 0.268 e. The fraction of sp³-hybridized carbons (Fsp3) is 0.192. The summed E-state index contributed by atoms with van der Waals surface area (Å²) in [5, 5.41) is 16.3. The number of benzene rings is 2. The molecule has 6 nitrogen and oxygen atoms in total. The minimum absolute atomic E-state index is 0.0718. The van der Waals surface area contributed by atoms with Crippen LogP contribution in [0.5, 0.6) is 0 Å². The number of alkyl halides is 1. The Balaban J connectivity index is 1.98. The largest absolute Gasteiger partial charge is 0.545 e. The third-order valence-electron chi connectivity index (χ3n) is 5.60. The number of aromatic nitrogens is 2. The van der Waals surface area contributed by atoms with Crippen molar-refractivity contribution in [2.24, 2.45) is 0 Å². The van der Waals surface area contributed by atoms with Gasteiger partial charge in [-0.1, -0.05) is 46.6 Å². The first-order valence-electron chi connectivity index (χ1n) is 10.6. The number of nitrogens with zero attached hydrogens (tertiary/aromatic N) is 2. The molecule has 0 atom stereocenters. The molecule has 9 heteroatoms. The van der Waals surface area contributed by atoms with Crippen molar-refractivity contribution in [3.8, 4) is 11.3 Å². The van der Waals surface area contributed by atoms with Gasteiger partial charge < -0.3 is 14.4 Å². The number of carbonyl (C=O) groups is 2. The lowest BCUT2D eigenvalue weighted by Gasteiger charge is -2.14. The topological polar surface area (TPSA) is 88.2 Å². The highest BCUT2D eigenvalue weighted by Crippen LogP contribution is 2.40. The van der Waals surface area contributed by atoms with Crippen molar-refractivity contribution in [3.63, 3.8) is 0 Å². The highest BCUT2D eigenvalue weighted by molar-refractivity contribution is 6.36. The van der Waals surface area contributed by atoms with Crippen molar-refractivity contribution in [2.75, 3.05) is 0 Å². The van der Waals surface area contributed by atoms with E-state index in [4.69, 9.17) is 27.7 Å². The molecule has 2 aromatic carbocycles. The standard InChI is InChI=1S/C26H21Cl2FN2O4/c1-13-10-16(27)11-17(28)21(13)23-22(24(35-30-23)26(3,4)29)25(34)31-12-14(2)20-15(8-9-19(32)33)6-5-7-18(20)31/h5-12H,1-4H3,(H,32,33)/p-1/b9-8+. The molecule has 0 unspecified atom stereocenters. The zero-order chi connectivity index (χ0) is 25.7. The van der Waals surface area contributed by atoms with Gasteiger partial charge in [0.05, 0.1) is 16.5 Å². The lowest BCUT2D eigenvalue weighted by atomic mass is 9.96. The summed E-state index contributed by atoms with van der Waals surface area (Å²) in [6, 6.07) is 8.30. The number of aliphatic carboxylic acids is 1. The molecule has 0 radical (unpaired) electrons. The minimum Gasteiger partial charge on any atom is -0.545 e. The van der Waals surface area contributed by atoms with Crippen LogP contribution in [0.1, 0.15) is 46.7 Å². The van der Waals surface area contributed by atoms with Crippen LogP contribution in [0.2, 0.25) is 10.0 Å². The second kappa shape index (κ2) is 8.98. The van der Waals surface area contributed by atoms with Crippen molar-refractivity contribution >= 4 is 52.1 Å². The maximum atomic E-state index is 15.2. The summed E-state index contributed by atoms with van der Waals surface area (Å²) in [6.07, 6.45) is 3.92. The molecule has 0 aliphatic heterocycles. The molecule has 35 heavy (non-hydrogen) atoms. The van der Waals surface area contributed by atoms with Crippen LogP contribution in [0, 0.1) is 13.8 Å². The van der Waals surface area contributed by atoms with Gasteiger partial charge in [0.25, 0.3) is 5.91 Å². The number of carboxylic acids is 1. The van der Waals surface area contributed by atoms with E-state index in [0.29, 0.717) is 38.2 Å². The number of rotatable bonds is 5. The van der Waals surface area contributed by atoms with Gasteiger partial charge in [-0.05, 0) is 68.7 Å². The Morgan fingerprint density at radius 2 is 1.89 bits per heavy atom. The Hall–Kier alpha value is -3.42. The summed E-state index contributed by atoms with van der Waals surface area (Å²) in [5.41, 5.74) is 0.849. The van der Waals surface area contributed by atoms with Crippen molar-refractivity contribution in [1.29, 1.82) is 0 Å². The lowest BCUT2D eigenvalue weighted by Crippen LogP contribution is -2.19. The Bertz CT molecular complexity index is 1500. The number of carboxylic acid groups (broad SMARTS) is 1. The van der Waals surface area contributed by atoms with Crippen LogP contribution in [0.3, 0.4) is 0 Å². The summed E-state index contributed by atoms with van der Waals surface area (Å²) in [6.45, 7) is 6.08. The fourth-order valence-electron chi connectivity index (χ4n) is 4.17. The van der Waals surface area contributed by atoms with E-state index < -0.39 is 17.5 Å². The van der Waals surface area contributed by atoms with Gasteiger partial charge in [0.1, 0.15) is 11.3 Å². The third-order valence-corrected chi connectivity index (χ3v) is 6.12. The van der Waals surface area contributed by atoms with E-state index in [1.807, 2.05) is 0 Å². The van der Waals surface area contributed by atoms with E-state index >= 15 is 4.39 Å². The molecule has 180 valence electrons. The molecule has 0 aliphatic rings. The monoisotopic (exact) mass is 513 g/mol. The predicted molar refractivity (Wildman–Crippen MR) is 131 cm³/mol. The van der Waals surface area contributed by atoms with Crippen LogP contribution < -0.4 is 5.11 Å². The first-order chi connectivity index (χ1) is 16.4. The molecule has 4 rings (SSSR count). The van der Waals surface area contributed by atoms with Crippen molar-refractivity contribution in [1.82, 2.24) is 9.72 Å². The van der Waals surface area contributed by atoms with Crippen LogP contribution >= 0.6 is 23.2 Å². The van der Waals surface area contributed by atoms with E-state index in [1.165, 1.54) is 30.6 Å². The summed E-state index contributed by atoms with van der Waals surface area (Å²) < 4.78 is 21.9. The van der Waals surface area contributed by atoms with E-state index in [0.717, 1.165) is 6.08 Å². The number of carbonyl (C=O) groups excluding carboxylic acids is 2. The molecule has 0 fully saturated rings. The van der Waals surface area contributed by atoms with Crippen molar-refractivity contribution < 1.29 is 23.6 Å². The molecule has 0 aliphatic carbocycles. The predicted octanol–water partition coefficient (Wildman–Crippen LogP) is 5.88. The molecule has 0 spiro atoms. The minimum atomic E-state index is -2.02.